The van der Waals surface area contributed by atoms with E-state index in [1.165, 1.54) is 38.2 Å². The summed E-state index contributed by atoms with van der Waals surface area (Å²) in [6.45, 7) is 0. The van der Waals surface area contributed by atoms with Crippen LogP contribution in [0.1, 0.15) is 37.9 Å². The average Bonchev–Trinajstić information content (AvgIpc) is 2.45. The van der Waals surface area contributed by atoms with Gasteiger partial charge in [0.25, 0.3) is 5.56 Å². The first-order chi connectivity index (χ1) is 10.1. The van der Waals surface area contributed by atoms with Gasteiger partial charge in [-0.25, -0.2) is 9.37 Å². The minimum Gasteiger partial charge on any atom is -0.309 e. The number of aromatic amines is 1. The van der Waals surface area contributed by atoms with Crippen LogP contribution in [-0.2, 0) is 5.75 Å². The quantitative estimate of drug-likeness (QED) is 0.871. The fourth-order valence-electron chi connectivity index (χ4n) is 2.74. The lowest BCUT2D eigenvalue weighted by molar-refractivity contribution is 0.516. The van der Waals surface area contributed by atoms with Crippen molar-refractivity contribution < 1.29 is 4.39 Å². The molecule has 1 aromatic heterocycles. The predicted octanol–water partition coefficient (Wildman–Crippen LogP) is 4.39. The molecule has 0 atom stereocenters. The van der Waals surface area contributed by atoms with Crippen LogP contribution in [0, 0.1) is 5.82 Å². The molecule has 1 saturated carbocycles. The Morgan fingerprint density at radius 2 is 2.10 bits per heavy atom. The van der Waals surface area contributed by atoms with Crippen molar-refractivity contribution in [2.24, 2.45) is 0 Å². The molecule has 3 rings (SSSR count). The molecule has 3 nitrogen and oxygen atoms in total. The van der Waals surface area contributed by atoms with Gasteiger partial charge in [0.15, 0.2) is 0 Å². The summed E-state index contributed by atoms with van der Waals surface area (Å²) >= 11 is 5.07. The number of fused-ring (bicyclic) bond motifs is 1. The van der Waals surface area contributed by atoms with Crippen LogP contribution in [-0.4, -0.2) is 15.2 Å². The normalized spacial score (nSPS) is 16.5. The third-order valence-corrected chi connectivity index (χ3v) is 5.62. The Balaban J connectivity index is 1.84. The number of hydrogen-bond acceptors (Lipinski definition) is 3. The average molecular weight is 371 g/mol. The summed E-state index contributed by atoms with van der Waals surface area (Å²) in [5.41, 5.74) is 0.00844. The molecule has 0 saturated heterocycles. The van der Waals surface area contributed by atoms with Gasteiger partial charge in [0.1, 0.15) is 17.0 Å². The van der Waals surface area contributed by atoms with E-state index in [-0.39, 0.29) is 5.39 Å². The Bertz CT molecular complexity index is 713. The van der Waals surface area contributed by atoms with Crippen LogP contribution in [0.2, 0.25) is 0 Å². The van der Waals surface area contributed by atoms with Gasteiger partial charge in [0.2, 0.25) is 0 Å². The molecule has 0 amide bonds. The summed E-state index contributed by atoms with van der Waals surface area (Å²) in [6, 6.07) is 2.97. The van der Waals surface area contributed by atoms with Gasteiger partial charge < -0.3 is 4.98 Å². The number of benzene rings is 1. The molecule has 0 unspecified atom stereocenters. The van der Waals surface area contributed by atoms with E-state index in [9.17, 15) is 9.18 Å². The lowest BCUT2D eigenvalue weighted by atomic mass is 10.0. The molecule has 0 spiro atoms. The Kier molecular flexibility index (Phi) is 4.64. The van der Waals surface area contributed by atoms with Gasteiger partial charge in [-0.15, -0.1) is 0 Å². The van der Waals surface area contributed by atoms with Crippen molar-refractivity contribution in [3.05, 3.63) is 38.6 Å². The standard InChI is InChI=1S/C15H16BrFN2OS/c16-9-6-11(17)14-12(7-9)18-13(19-15(14)20)8-21-10-4-2-1-3-5-10/h6-7,10H,1-5,8H2,(H,18,19,20). The van der Waals surface area contributed by atoms with Crippen LogP contribution in [0.4, 0.5) is 4.39 Å². The van der Waals surface area contributed by atoms with Crippen molar-refractivity contribution in [1.29, 1.82) is 0 Å². The predicted molar refractivity (Wildman–Crippen MR) is 88.2 cm³/mol. The number of thioether (sulfide) groups is 1. The molecule has 1 aliphatic rings. The van der Waals surface area contributed by atoms with E-state index in [2.05, 4.69) is 25.9 Å². The molecule has 1 aliphatic carbocycles. The largest absolute Gasteiger partial charge is 0.309 e. The van der Waals surface area contributed by atoms with Gasteiger partial charge in [0.05, 0.1) is 11.3 Å². The van der Waals surface area contributed by atoms with Gasteiger partial charge in [-0.05, 0) is 25.0 Å². The van der Waals surface area contributed by atoms with Crippen LogP contribution in [0.15, 0.2) is 21.4 Å². The highest BCUT2D eigenvalue weighted by Crippen LogP contribution is 2.30. The van der Waals surface area contributed by atoms with E-state index in [0.717, 1.165) is 0 Å². The smallest absolute Gasteiger partial charge is 0.261 e. The molecule has 112 valence electrons. The molecule has 1 aromatic carbocycles. The summed E-state index contributed by atoms with van der Waals surface area (Å²) in [5.74, 6) is 0.754. The van der Waals surface area contributed by atoms with Crippen LogP contribution in [0.3, 0.4) is 0 Å². The maximum absolute atomic E-state index is 13.8. The number of hydrogen-bond donors (Lipinski definition) is 1. The monoisotopic (exact) mass is 370 g/mol. The number of aromatic nitrogens is 2. The van der Waals surface area contributed by atoms with E-state index in [4.69, 9.17) is 0 Å². The lowest BCUT2D eigenvalue weighted by Crippen LogP contribution is -2.14. The molecule has 0 bridgehead atoms. The van der Waals surface area contributed by atoms with E-state index in [0.29, 0.717) is 26.8 Å². The van der Waals surface area contributed by atoms with Gasteiger partial charge in [-0.3, -0.25) is 4.79 Å². The zero-order valence-electron chi connectivity index (χ0n) is 11.5. The number of halogens is 2. The third-order valence-electron chi connectivity index (χ3n) is 3.78. The van der Waals surface area contributed by atoms with Gasteiger partial charge >= 0.3 is 0 Å². The van der Waals surface area contributed by atoms with Crippen molar-refractivity contribution in [1.82, 2.24) is 9.97 Å². The fourth-order valence-corrected chi connectivity index (χ4v) is 4.35. The van der Waals surface area contributed by atoms with Gasteiger partial charge in [-0.1, -0.05) is 35.2 Å². The molecule has 6 heteroatoms. The first kappa shape index (κ1) is 15.0. The summed E-state index contributed by atoms with van der Waals surface area (Å²) in [6.07, 6.45) is 6.38. The zero-order chi connectivity index (χ0) is 14.8. The first-order valence-electron chi connectivity index (χ1n) is 7.13. The van der Waals surface area contributed by atoms with Crippen LogP contribution in [0.25, 0.3) is 10.9 Å². The van der Waals surface area contributed by atoms with Gasteiger partial charge in [-0.2, -0.15) is 11.8 Å². The molecular weight excluding hydrogens is 355 g/mol. The van der Waals surface area contributed by atoms with Crippen molar-refractivity contribution in [2.45, 2.75) is 43.1 Å². The molecule has 0 radical (unpaired) electrons. The molecule has 1 N–H and O–H groups in total. The van der Waals surface area contributed by atoms with E-state index in [1.807, 2.05) is 11.8 Å². The lowest BCUT2D eigenvalue weighted by Gasteiger charge is -2.20. The van der Waals surface area contributed by atoms with Crippen LogP contribution < -0.4 is 5.56 Å². The third kappa shape index (κ3) is 3.48. The van der Waals surface area contributed by atoms with E-state index >= 15 is 0 Å². The highest BCUT2D eigenvalue weighted by molar-refractivity contribution is 9.10. The summed E-state index contributed by atoms with van der Waals surface area (Å²) in [5, 5.41) is 0.684. The first-order valence-corrected chi connectivity index (χ1v) is 8.97. The number of H-pyrrole nitrogens is 1. The zero-order valence-corrected chi connectivity index (χ0v) is 13.9. The summed E-state index contributed by atoms with van der Waals surface area (Å²) in [4.78, 5) is 19.1. The van der Waals surface area contributed by atoms with Gasteiger partial charge in [0, 0.05) is 9.72 Å². The molecular formula is C15H16BrFN2OS. The summed E-state index contributed by atoms with van der Waals surface area (Å²) in [7, 11) is 0. The number of rotatable bonds is 3. The van der Waals surface area contributed by atoms with Crippen molar-refractivity contribution in [3.63, 3.8) is 0 Å². The maximum Gasteiger partial charge on any atom is 0.261 e. The SMILES string of the molecule is O=c1[nH]c(CSC2CCCCC2)nc2cc(Br)cc(F)c12. The van der Waals surface area contributed by atoms with Crippen LogP contribution >= 0.6 is 27.7 Å². The minimum absolute atomic E-state index is 0.0321. The fraction of sp³-hybridized carbons (Fsp3) is 0.467. The second-order valence-corrected chi connectivity index (χ2v) is 7.57. The highest BCUT2D eigenvalue weighted by atomic mass is 79.9. The van der Waals surface area contributed by atoms with Crippen LogP contribution in [0.5, 0.6) is 0 Å². The Labute approximate surface area is 134 Å². The Morgan fingerprint density at radius 1 is 1.33 bits per heavy atom. The second kappa shape index (κ2) is 6.48. The van der Waals surface area contributed by atoms with Crippen molar-refractivity contribution in [3.8, 4) is 0 Å². The molecule has 21 heavy (non-hydrogen) atoms. The molecule has 1 fully saturated rings. The molecule has 2 aromatic rings. The van der Waals surface area contributed by atoms with Crippen molar-refractivity contribution in [2.75, 3.05) is 0 Å². The topological polar surface area (TPSA) is 45.8 Å². The van der Waals surface area contributed by atoms with E-state index in [1.54, 1.807) is 6.07 Å². The molecule has 1 heterocycles. The maximum atomic E-state index is 13.8. The Morgan fingerprint density at radius 3 is 2.86 bits per heavy atom. The summed E-state index contributed by atoms with van der Waals surface area (Å²) < 4.78 is 14.4. The number of nitrogens with zero attached hydrogens (tertiary/aromatic N) is 1. The Hall–Kier alpha value is -0.880. The number of nitrogens with one attached hydrogen (secondary N) is 1. The van der Waals surface area contributed by atoms with E-state index < -0.39 is 11.4 Å². The molecule has 0 aliphatic heterocycles. The minimum atomic E-state index is -0.542. The second-order valence-electron chi connectivity index (χ2n) is 5.37. The van der Waals surface area contributed by atoms with Crippen molar-refractivity contribution >= 4 is 38.6 Å². The highest BCUT2D eigenvalue weighted by Gasteiger charge is 2.15.